The number of thioether (sulfide) groups is 1. The van der Waals surface area contributed by atoms with E-state index >= 15 is 0 Å². The van der Waals surface area contributed by atoms with Crippen molar-refractivity contribution in [3.63, 3.8) is 0 Å². The first-order chi connectivity index (χ1) is 8.08. The predicted molar refractivity (Wildman–Crippen MR) is 69.3 cm³/mol. The first kappa shape index (κ1) is 13.4. The number of nitrogens with two attached hydrogens (primary N) is 1. The molecule has 0 aliphatic rings. The molecule has 0 saturated carbocycles. The number of aliphatic imine (C=N–C) groups is 1. The van der Waals surface area contributed by atoms with Crippen molar-refractivity contribution < 1.29 is 4.79 Å². The molecule has 0 spiro atoms. The number of hydrogen-bond donors (Lipinski definition) is 2. The van der Waals surface area contributed by atoms with Gasteiger partial charge in [-0.1, -0.05) is 23.4 Å². The van der Waals surface area contributed by atoms with E-state index in [0.29, 0.717) is 15.9 Å². The third kappa shape index (κ3) is 3.66. The van der Waals surface area contributed by atoms with Crippen LogP contribution in [0.5, 0.6) is 0 Å². The van der Waals surface area contributed by atoms with E-state index in [1.54, 1.807) is 24.6 Å². The van der Waals surface area contributed by atoms with Gasteiger partial charge in [0.25, 0.3) is 5.91 Å². The largest absolute Gasteiger partial charge is 0.366 e. The van der Waals surface area contributed by atoms with Crippen LogP contribution in [0, 0.1) is 11.5 Å². The van der Waals surface area contributed by atoms with Crippen LogP contribution in [-0.2, 0) is 0 Å². The van der Waals surface area contributed by atoms with Crippen molar-refractivity contribution in [2.45, 2.75) is 0 Å². The number of nitrogens with zero attached hydrogens (tertiary/aromatic N) is 2. The fourth-order valence-corrected chi connectivity index (χ4v) is 1.59. The average molecular weight is 269 g/mol. The molecule has 1 aromatic rings. The highest BCUT2D eigenvalue weighted by Gasteiger charge is 2.09. The van der Waals surface area contributed by atoms with Crippen molar-refractivity contribution in [2.75, 3.05) is 6.26 Å². The molecule has 0 aliphatic carbocycles. The second kappa shape index (κ2) is 6.13. The number of halogens is 1. The minimum absolute atomic E-state index is 0.212. The van der Waals surface area contributed by atoms with Gasteiger partial charge in [0.15, 0.2) is 11.4 Å². The topological polar surface area (TPSA) is 91.3 Å². The zero-order valence-electron chi connectivity index (χ0n) is 8.90. The molecular weight excluding hydrogens is 260 g/mol. The Labute approximate surface area is 108 Å². The van der Waals surface area contributed by atoms with Gasteiger partial charge in [-0.2, -0.15) is 5.26 Å². The molecule has 0 atom stereocenters. The van der Waals surface area contributed by atoms with E-state index in [-0.39, 0.29) is 5.56 Å². The summed E-state index contributed by atoms with van der Waals surface area (Å²) in [6, 6.07) is 4.60. The number of benzene rings is 1. The molecule has 1 amide bonds. The summed E-state index contributed by atoms with van der Waals surface area (Å²) in [7, 11) is 0. The summed E-state index contributed by atoms with van der Waals surface area (Å²) in [6.07, 6.45) is 3.51. The fraction of sp³-hybridized carbons (Fsp3) is 0.100. The lowest BCUT2D eigenvalue weighted by Crippen LogP contribution is -2.14. The number of primary amides is 1. The van der Waals surface area contributed by atoms with E-state index in [9.17, 15) is 4.79 Å². The maximum absolute atomic E-state index is 11.2. The van der Waals surface area contributed by atoms with Crippen molar-refractivity contribution in [1.29, 1.82) is 5.26 Å². The van der Waals surface area contributed by atoms with E-state index in [1.165, 1.54) is 17.8 Å². The highest BCUT2D eigenvalue weighted by Crippen LogP contribution is 2.23. The van der Waals surface area contributed by atoms with Crippen LogP contribution in [-0.4, -0.2) is 17.3 Å². The van der Waals surface area contributed by atoms with E-state index in [4.69, 9.17) is 22.6 Å². The number of nitriles is 1. The Hall–Kier alpha value is -1.71. The molecule has 0 unspecified atom stereocenters. The zero-order chi connectivity index (χ0) is 12.8. The lowest BCUT2D eigenvalue weighted by atomic mass is 10.2. The molecule has 0 radical (unpaired) electrons. The Balaban J connectivity index is 3.22. The minimum atomic E-state index is -0.622. The van der Waals surface area contributed by atoms with Gasteiger partial charge in [0.1, 0.15) is 0 Å². The standard InChI is InChI=1S/C10H9ClN4OS/c1-17-10(14-5-12)15-8-3-2-6(11)4-7(8)9(13)16/h2-4H,1H3,(H2,13,16)(H,14,15). The van der Waals surface area contributed by atoms with Crippen molar-refractivity contribution in [1.82, 2.24) is 5.32 Å². The molecule has 1 aromatic carbocycles. The van der Waals surface area contributed by atoms with Crippen LogP contribution in [0.2, 0.25) is 5.02 Å². The number of amides is 1. The Kier molecular flexibility index (Phi) is 4.82. The van der Waals surface area contributed by atoms with Crippen LogP contribution >= 0.6 is 23.4 Å². The molecule has 0 fully saturated rings. The van der Waals surface area contributed by atoms with Crippen LogP contribution in [0.4, 0.5) is 5.69 Å². The lowest BCUT2D eigenvalue weighted by Gasteiger charge is -2.04. The fourth-order valence-electron chi connectivity index (χ4n) is 1.08. The number of hydrogen-bond acceptors (Lipinski definition) is 4. The summed E-state index contributed by atoms with van der Waals surface area (Å²) in [5.74, 6) is -0.622. The summed E-state index contributed by atoms with van der Waals surface area (Å²) in [4.78, 5) is 15.3. The van der Waals surface area contributed by atoms with Crippen LogP contribution < -0.4 is 11.1 Å². The number of carbonyl (C=O) groups excluding carboxylic acids is 1. The number of nitrogens with one attached hydrogen (secondary N) is 1. The number of amidine groups is 1. The predicted octanol–water partition coefficient (Wildman–Crippen LogP) is 1.86. The van der Waals surface area contributed by atoms with Gasteiger partial charge in [-0.05, 0) is 24.5 Å². The van der Waals surface area contributed by atoms with Crippen molar-refractivity contribution in [2.24, 2.45) is 10.7 Å². The Morgan fingerprint density at radius 2 is 2.35 bits per heavy atom. The quantitative estimate of drug-likeness (QED) is 0.371. The highest BCUT2D eigenvalue weighted by molar-refractivity contribution is 8.13. The smallest absolute Gasteiger partial charge is 0.250 e. The third-order valence-electron chi connectivity index (χ3n) is 1.80. The molecule has 0 heterocycles. The van der Waals surface area contributed by atoms with Crippen molar-refractivity contribution in [3.8, 4) is 6.19 Å². The molecule has 0 aliphatic heterocycles. The van der Waals surface area contributed by atoms with Crippen LogP contribution in [0.1, 0.15) is 10.4 Å². The van der Waals surface area contributed by atoms with Crippen LogP contribution in [0.25, 0.3) is 0 Å². The molecule has 88 valence electrons. The maximum atomic E-state index is 11.2. The van der Waals surface area contributed by atoms with Gasteiger partial charge in [0, 0.05) is 5.02 Å². The minimum Gasteiger partial charge on any atom is -0.366 e. The van der Waals surface area contributed by atoms with Gasteiger partial charge in [-0.3, -0.25) is 10.1 Å². The van der Waals surface area contributed by atoms with Gasteiger partial charge >= 0.3 is 0 Å². The second-order valence-corrected chi connectivity index (χ2v) is 4.11. The van der Waals surface area contributed by atoms with E-state index in [1.807, 2.05) is 0 Å². The molecule has 3 N–H and O–H groups in total. The maximum Gasteiger partial charge on any atom is 0.250 e. The normalized spacial score (nSPS) is 10.8. The Morgan fingerprint density at radius 1 is 1.65 bits per heavy atom. The molecule has 0 aromatic heterocycles. The lowest BCUT2D eigenvalue weighted by molar-refractivity contribution is 0.100. The molecule has 0 bridgehead atoms. The number of rotatable bonds is 2. The molecule has 5 nitrogen and oxygen atoms in total. The van der Waals surface area contributed by atoms with Crippen LogP contribution in [0.15, 0.2) is 23.2 Å². The van der Waals surface area contributed by atoms with E-state index in [0.717, 1.165) is 0 Å². The summed E-state index contributed by atoms with van der Waals surface area (Å²) >= 11 is 7.01. The summed E-state index contributed by atoms with van der Waals surface area (Å²) < 4.78 is 0. The highest BCUT2D eigenvalue weighted by atomic mass is 35.5. The summed E-state index contributed by atoms with van der Waals surface area (Å²) in [5.41, 5.74) is 5.80. The van der Waals surface area contributed by atoms with E-state index in [2.05, 4.69) is 10.3 Å². The molecule has 7 heteroatoms. The third-order valence-corrected chi connectivity index (χ3v) is 2.62. The Morgan fingerprint density at radius 3 is 2.88 bits per heavy atom. The van der Waals surface area contributed by atoms with Gasteiger partial charge in [0.2, 0.25) is 0 Å². The Bertz CT molecular complexity index is 510. The van der Waals surface area contributed by atoms with Gasteiger partial charge in [-0.25, -0.2) is 4.99 Å². The van der Waals surface area contributed by atoms with Gasteiger partial charge < -0.3 is 5.73 Å². The SMILES string of the molecule is CSC(=Nc1ccc(Cl)cc1C(N)=O)NC#N. The first-order valence-corrected chi connectivity index (χ1v) is 6.06. The summed E-state index contributed by atoms with van der Waals surface area (Å²) in [5, 5.41) is 11.7. The zero-order valence-corrected chi connectivity index (χ0v) is 10.5. The van der Waals surface area contributed by atoms with E-state index < -0.39 is 5.91 Å². The van der Waals surface area contributed by atoms with Gasteiger partial charge in [-0.15, -0.1) is 0 Å². The second-order valence-electron chi connectivity index (χ2n) is 2.88. The molecule has 17 heavy (non-hydrogen) atoms. The molecule has 1 rings (SSSR count). The van der Waals surface area contributed by atoms with Gasteiger partial charge in [0.05, 0.1) is 11.3 Å². The summed E-state index contributed by atoms with van der Waals surface area (Å²) in [6.45, 7) is 0. The average Bonchev–Trinajstić information content (AvgIpc) is 2.30. The first-order valence-electron chi connectivity index (χ1n) is 4.45. The van der Waals surface area contributed by atoms with Crippen molar-refractivity contribution in [3.05, 3.63) is 28.8 Å². The van der Waals surface area contributed by atoms with Crippen molar-refractivity contribution >= 4 is 40.1 Å². The number of carbonyl (C=O) groups is 1. The molecular formula is C10H9ClN4OS. The molecule has 0 saturated heterocycles. The van der Waals surface area contributed by atoms with Crippen LogP contribution in [0.3, 0.4) is 0 Å². The monoisotopic (exact) mass is 268 g/mol.